The topological polar surface area (TPSA) is 59.8 Å². The normalized spacial score (nSPS) is 10.6. The fraction of sp³-hybridized carbons (Fsp3) is 0.222. The van der Waals surface area contributed by atoms with Crippen molar-refractivity contribution in [2.24, 2.45) is 7.05 Å². The molecule has 0 saturated carbocycles. The average molecular weight is 208 g/mol. The summed E-state index contributed by atoms with van der Waals surface area (Å²) in [4.78, 5) is 19.3. The van der Waals surface area contributed by atoms with Crippen LogP contribution in [0.25, 0.3) is 11.0 Å². The van der Waals surface area contributed by atoms with Crippen molar-refractivity contribution in [3.63, 3.8) is 0 Å². The Morgan fingerprint density at radius 3 is 2.93 bits per heavy atom. The van der Waals surface area contributed by atoms with Crippen LogP contribution >= 0.6 is 0 Å². The first-order valence-corrected chi connectivity index (χ1v) is 4.33. The Labute approximate surface area is 84.6 Å². The van der Waals surface area contributed by atoms with Gasteiger partial charge in [0.2, 0.25) is 5.95 Å². The lowest BCUT2D eigenvalue weighted by Gasteiger charge is -2.05. The maximum atomic E-state index is 13.1. The number of nitrogens with zero attached hydrogens (tertiary/aromatic N) is 3. The Bertz CT molecular complexity index is 578. The SMILES string of the molecule is CNc1ncc2cc(F)c(=O)n(C)c2n1. The smallest absolute Gasteiger partial charge is 0.287 e. The molecule has 2 aromatic rings. The molecule has 15 heavy (non-hydrogen) atoms. The highest BCUT2D eigenvalue weighted by Crippen LogP contribution is 2.10. The van der Waals surface area contributed by atoms with Crippen molar-refractivity contribution < 1.29 is 4.39 Å². The van der Waals surface area contributed by atoms with Crippen molar-refractivity contribution in [1.82, 2.24) is 14.5 Å². The first-order chi connectivity index (χ1) is 7.13. The Kier molecular flexibility index (Phi) is 2.11. The van der Waals surface area contributed by atoms with E-state index < -0.39 is 11.4 Å². The summed E-state index contributed by atoms with van der Waals surface area (Å²) in [6.45, 7) is 0. The quantitative estimate of drug-likeness (QED) is 0.741. The van der Waals surface area contributed by atoms with Crippen LogP contribution in [0.1, 0.15) is 0 Å². The van der Waals surface area contributed by atoms with Gasteiger partial charge in [0.1, 0.15) is 5.65 Å². The van der Waals surface area contributed by atoms with Gasteiger partial charge in [-0.05, 0) is 6.07 Å². The third-order valence-corrected chi connectivity index (χ3v) is 2.13. The van der Waals surface area contributed by atoms with E-state index in [0.29, 0.717) is 17.0 Å². The number of halogens is 1. The van der Waals surface area contributed by atoms with Crippen molar-refractivity contribution in [2.75, 3.05) is 12.4 Å². The van der Waals surface area contributed by atoms with Crippen molar-refractivity contribution in [1.29, 1.82) is 0 Å². The van der Waals surface area contributed by atoms with Crippen molar-refractivity contribution in [3.8, 4) is 0 Å². The van der Waals surface area contributed by atoms with Crippen LogP contribution in [-0.2, 0) is 7.05 Å². The van der Waals surface area contributed by atoms with Gasteiger partial charge in [0, 0.05) is 25.7 Å². The summed E-state index contributed by atoms with van der Waals surface area (Å²) >= 11 is 0. The van der Waals surface area contributed by atoms with E-state index in [2.05, 4.69) is 15.3 Å². The zero-order valence-corrected chi connectivity index (χ0v) is 8.28. The van der Waals surface area contributed by atoms with E-state index in [-0.39, 0.29) is 0 Å². The summed E-state index contributed by atoms with van der Waals surface area (Å²) < 4.78 is 14.2. The van der Waals surface area contributed by atoms with Gasteiger partial charge < -0.3 is 5.32 Å². The number of aromatic nitrogens is 3. The summed E-state index contributed by atoms with van der Waals surface area (Å²) in [5.41, 5.74) is -0.288. The molecule has 0 amide bonds. The zero-order valence-electron chi connectivity index (χ0n) is 8.28. The van der Waals surface area contributed by atoms with Gasteiger partial charge in [0.05, 0.1) is 0 Å². The van der Waals surface area contributed by atoms with Crippen molar-refractivity contribution >= 4 is 17.0 Å². The molecule has 0 radical (unpaired) electrons. The van der Waals surface area contributed by atoms with E-state index in [1.165, 1.54) is 13.2 Å². The molecule has 2 heterocycles. The number of fused-ring (bicyclic) bond motifs is 1. The molecular weight excluding hydrogens is 199 g/mol. The van der Waals surface area contributed by atoms with E-state index in [1.807, 2.05) is 0 Å². The highest BCUT2D eigenvalue weighted by atomic mass is 19.1. The molecule has 5 nitrogen and oxygen atoms in total. The number of aryl methyl sites for hydroxylation is 1. The third-order valence-electron chi connectivity index (χ3n) is 2.13. The molecule has 0 aliphatic rings. The molecule has 1 N–H and O–H groups in total. The van der Waals surface area contributed by atoms with E-state index in [4.69, 9.17) is 0 Å². The maximum Gasteiger partial charge on any atom is 0.287 e. The van der Waals surface area contributed by atoms with Gasteiger partial charge in [-0.2, -0.15) is 4.98 Å². The molecule has 0 unspecified atom stereocenters. The number of nitrogens with one attached hydrogen (secondary N) is 1. The van der Waals surface area contributed by atoms with Crippen molar-refractivity contribution in [3.05, 3.63) is 28.4 Å². The molecule has 0 saturated heterocycles. The molecule has 0 aliphatic heterocycles. The second-order valence-electron chi connectivity index (χ2n) is 3.08. The fourth-order valence-electron chi connectivity index (χ4n) is 1.33. The van der Waals surface area contributed by atoms with Crippen molar-refractivity contribution in [2.45, 2.75) is 0 Å². The van der Waals surface area contributed by atoms with Crippen LogP contribution in [0.15, 0.2) is 17.1 Å². The fourth-order valence-corrected chi connectivity index (χ4v) is 1.33. The summed E-state index contributed by atoms with van der Waals surface area (Å²) in [6.07, 6.45) is 1.47. The maximum absolute atomic E-state index is 13.1. The van der Waals surface area contributed by atoms with Crippen LogP contribution in [0.3, 0.4) is 0 Å². The minimum absolute atomic E-state index is 0.393. The lowest BCUT2D eigenvalue weighted by molar-refractivity contribution is 0.596. The third kappa shape index (κ3) is 1.43. The highest BCUT2D eigenvalue weighted by Gasteiger charge is 2.07. The van der Waals surface area contributed by atoms with Crippen LogP contribution in [0.4, 0.5) is 10.3 Å². The van der Waals surface area contributed by atoms with Gasteiger partial charge >= 0.3 is 0 Å². The van der Waals surface area contributed by atoms with Crippen LogP contribution in [0.2, 0.25) is 0 Å². The van der Waals surface area contributed by atoms with Crippen LogP contribution in [0.5, 0.6) is 0 Å². The monoisotopic (exact) mass is 208 g/mol. The van der Waals surface area contributed by atoms with Gasteiger partial charge in [-0.3, -0.25) is 9.36 Å². The van der Waals surface area contributed by atoms with E-state index in [1.54, 1.807) is 7.05 Å². The molecule has 2 rings (SSSR count). The van der Waals surface area contributed by atoms with Crippen LogP contribution in [0, 0.1) is 5.82 Å². The predicted molar refractivity (Wildman–Crippen MR) is 54.3 cm³/mol. The summed E-state index contributed by atoms with van der Waals surface area (Å²) in [6, 6.07) is 1.14. The first kappa shape index (κ1) is 9.57. The number of rotatable bonds is 1. The number of hydrogen-bond acceptors (Lipinski definition) is 4. The molecule has 0 aromatic carbocycles. The number of pyridine rings is 1. The van der Waals surface area contributed by atoms with Gasteiger partial charge in [-0.15, -0.1) is 0 Å². The molecule has 0 bridgehead atoms. The van der Waals surface area contributed by atoms with E-state index in [0.717, 1.165) is 10.6 Å². The van der Waals surface area contributed by atoms with Crippen LogP contribution < -0.4 is 10.9 Å². The average Bonchev–Trinajstić information content (AvgIpc) is 2.26. The first-order valence-electron chi connectivity index (χ1n) is 4.33. The molecular formula is C9H9FN4O. The second-order valence-corrected chi connectivity index (χ2v) is 3.08. The van der Waals surface area contributed by atoms with Gasteiger partial charge in [-0.1, -0.05) is 0 Å². The minimum atomic E-state index is -0.800. The lowest BCUT2D eigenvalue weighted by atomic mass is 10.3. The second kappa shape index (κ2) is 3.30. The number of anilines is 1. The highest BCUT2D eigenvalue weighted by molar-refractivity contribution is 5.75. The Morgan fingerprint density at radius 1 is 1.53 bits per heavy atom. The number of hydrogen-bond donors (Lipinski definition) is 1. The Hall–Kier alpha value is -1.98. The summed E-state index contributed by atoms with van der Waals surface area (Å²) in [7, 11) is 3.14. The van der Waals surface area contributed by atoms with E-state index in [9.17, 15) is 9.18 Å². The van der Waals surface area contributed by atoms with Gasteiger partial charge in [-0.25, -0.2) is 9.37 Å². The molecule has 2 aromatic heterocycles. The van der Waals surface area contributed by atoms with Crippen LogP contribution in [-0.4, -0.2) is 21.6 Å². The minimum Gasteiger partial charge on any atom is -0.357 e. The molecule has 0 aliphatic carbocycles. The van der Waals surface area contributed by atoms with E-state index >= 15 is 0 Å². The predicted octanol–water partition coefficient (Wildman–Crippen LogP) is 0.509. The molecule has 0 atom stereocenters. The lowest BCUT2D eigenvalue weighted by Crippen LogP contribution is -2.21. The molecule has 0 spiro atoms. The standard InChI is InChI=1S/C9H9FN4O/c1-11-9-12-4-5-3-6(10)8(15)14(2)7(5)13-9/h3-4H,1-2H3,(H,11,12,13). The molecule has 78 valence electrons. The molecule has 0 fully saturated rings. The van der Waals surface area contributed by atoms with Gasteiger partial charge in [0.15, 0.2) is 5.82 Å². The Balaban J connectivity index is 2.88. The Morgan fingerprint density at radius 2 is 2.27 bits per heavy atom. The zero-order chi connectivity index (χ0) is 11.0. The largest absolute Gasteiger partial charge is 0.357 e. The van der Waals surface area contributed by atoms with Gasteiger partial charge in [0.25, 0.3) is 5.56 Å². The molecule has 6 heteroatoms. The summed E-state index contributed by atoms with van der Waals surface area (Å²) in [5, 5.41) is 3.24. The summed E-state index contributed by atoms with van der Waals surface area (Å²) in [5.74, 6) is -0.407.